The second-order valence-corrected chi connectivity index (χ2v) is 5.97. The predicted molar refractivity (Wildman–Crippen MR) is 99.1 cm³/mol. The molecule has 0 aliphatic heterocycles. The molecule has 0 rings (SSSR count). The van der Waals surface area contributed by atoms with Crippen molar-refractivity contribution in [3.63, 3.8) is 0 Å². The maximum absolute atomic E-state index is 12.3. The molecule has 0 radical (unpaired) electrons. The summed E-state index contributed by atoms with van der Waals surface area (Å²) in [6.07, 6.45) is 2.46. The summed E-state index contributed by atoms with van der Waals surface area (Å²) in [7, 11) is 0. The van der Waals surface area contributed by atoms with Gasteiger partial charge in [-0.25, -0.2) is 0 Å². The summed E-state index contributed by atoms with van der Waals surface area (Å²) in [4.78, 5) is 22.9. The van der Waals surface area contributed by atoms with Gasteiger partial charge in [0.25, 0.3) is 6.29 Å². The molecule has 0 unspecified atom stereocenters. The third-order valence-electron chi connectivity index (χ3n) is 3.54. The van der Waals surface area contributed by atoms with Crippen molar-refractivity contribution in [1.29, 1.82) is 0 Å². The minimum atomic E-state index is -1.81. The molecule has 27 heavy (non-hydrogen) atoms. The lowest BCUT2D eigenvalue weighted by Gasteiger charge is -2.37. The second kappa shape index (κ2) is 15.8. The Hall–Kier alpha value is -1.22. The highest BCUT2D eigenvalue weighted by Gasteiger charge is 2.47. The number of rotatable bonds is 18. The summed E-state index contributed by atoms with van der Waals surface area (Å²) in [6.45, 7) is 8.83. The quantitative estimate of drug-likeness (QED) is 0.215. The number of unbranched alkanes of at least 4 members (excludes halogenated alkanes) is 2. The number of carbonyl (C=O) groups excluding carboxylic acids is 1. The summed E-state index contributed by atoms with van der Waals surface area (Å²) in [5, 5.41) is 8.72. The number of hydrogen-bond donors (Lipinski definition) is 1. The molecule has 0 aromatic rings. The molecule has 0 aromatic heterocycles. The first-order valence-electron chi connectivity index (χ1n) is 9.90. The Kier molecular flexibility index (Phi) is 15.1. The number of aliphatic carboxylic acids is 1. The molecular weight excluding hydrogens is 356 g/mol. The van der Waals surface area contributed by atoms with E-state index in [0.29, 0.717) is 13.2 Å². The van der Waals surface area contributed by atoms with E-state index in [9.17, 15) is 9.59 Å². The van der Waals surface area contributed by atoms with Gasteiger partial charge in [0.2, 0.25) is 0 Å². The summed E-state index contributed by atoms with van der Waals surface area (Å²) in [5.74, 6) is -3.40. The normalized spacial score (nSPS) is 11.7. The van der Waals surface area contributed by atoms with Crippen LogP contribution in [0.3, 0.4) is 0 Å². The molecule has 160 valence electrons. The molecule has 0 fully saturated rings. The van der Waals surface area contributed by atoms with Crippen LogP contribution in [-0.2, 0) is 33.3 Å². The van der Waals surface area contributed by atoms with Gasteiger partial charge in [0.15, 0.2) is 0 Å². The van der Waals surface area contributed by atoms with Crippen LogP contribution >= 0.6 is 0 Å². The SMILES string of the molecule is CCCCOC(OCCCC)C(OCC)(OCC)OC(=O)CCCC(=O)O. The Morgan fingerprint density at radius 2 is 1.37 bits per heavy atom. The first-order valence-corrected chi connectivity index (χ1v) is 9.90. The van der Waals surface area contributed by atoms with E-state index >= 15 is 0 Å². The van der Waals surface area contributed by atoms with E-state index < -0.39 is 24.2 Å². The van der Waals surface area contributed by atoms with Crippen molar-refractivity contribution in [2.24, 2.45) is 0 Å². The zero-order valence-electron chi connectivity index (χ0n) is 17.2. The fraction of sp³-hybridized carbons (Fsp3) is 0.895. The van der Waals surface area contributed by atoms with Crippen molar-refractivity contribution in [1.82, 2.24) is 0 Å². The van der Waals surface area contributed by atoms with Crippen LogP contribution < -0.4 is 0 Å². The van der Waals surface area contributed by atoms with Gasteiger partial charge in [-0.3, -0.25) is 9.59 Å². The van der Waals surface area contributed by atoms with Gasteiger partial charge in [-0.15, -0.1) is 0 Å². The molecule has 0 atom stereocenters. The second-order valence-electron chi connectivity index (χ2n) is 5.97. The first kappa shape index (κ1) is 25.8. The average Bonchev–Trinajstić information content (AvgIpc) is 2.60. The topological polar surface area (TPSA) is 101 Å². The van der Waals surface area contributed by atoms with E-state index in [0.717, 1.165) is 25.7 Å². The molecule has 0 spiro atoms. The first-order chi connectivity index (χ1) is 13.0. The molecule has 8 nitrogen and oxygen atoms in total. The Balaban J connectivity index is 5.24. The molecule has 0 aliphatic carbocycles. The van der Waals surface area contributed by atoms with Crippen LogP contribution in [0.5, 0.6) is 0 Å². The zero-order chi connectivity index (χ0) is 20.5. The lowest BCUT2D eigenvalue weighted by atomic mass is 10.2. The number of ether oxygens (including phenoxy) is 5. The Morgan fingerprint density at radius 3 is 1.78 bits per heavy atom. The van der Waals surface area contributed by atoms with Crippen molar-refractivity contribution in [3.05, 3.63) is 0 Å². The van der Waals surface area contributed by atoms with E-state index in [4.69, 9.17) is 28.8 Å². The highest BCUT2D eigenvalue weighted by atomic mass is 16.9. The molecule has 0 heterocycles. The Bertz CT molecular complexity index is 383. The molecule has 8 heteroatoms. The fourth-order valence-electron chi connectivity index (χ4n) is 2.20. The lowest BCUT2D eigenvalue weighted by Crippen LogP contribution is -2.54. The Morgan fingerprint density at radius 1 is 0.852 bits per heavy atom. The van der Waals surface area contributed by atoms with Gasteiger partial charge in [-0.2, -0.15) is 0 Å². The molecule has 0 saturated carbocycles. The van der Waals surface area contributed by atoms with Gasteiger partial charge in [0, 0.05) is 12.8 Å². The van der Waals surface area contributed by atoms with Crippen molar-refractivity contribution in [3.8, 4) is 0 Å². The maximum Gasteiger partial charge on any atom is 0.383 e. The van der Waals surface area contributed by atoms with Gasteiger partial charge < -0.3 is 28.8 Å². The summed E-state index contributed by atoms with van der Waals surface area (Å²) in [5.41, 5.74) is 0. The number of carboxylic acid groups (broad SMARTS) is 1. The average molecular weight is 392 g/mol. The van der Waals surface area contributed by atoms with E-state index in [2.05, 4.69) is 0 Å². The van der Waals surface area contributed by atoms with Gasteiger partial charge in [-0.05, 0) is 33.1 Å². The molecule has 0 aromatic carbocycles. The third kappa shape index (κ3) is 11.3. The van der Waals surface area contributed by atoms with Gasteiger partial charge in [0.1, 0.15) is 0 Å². The van der Waals surface area contributed by atoms with Gasteiger partial charge in [0.05, 0.1) is 26.4 Å². The fourth-order valence-corrected chi connectivity index (χ4v) is 2.20. The van der Waals surface area contributed by atoms with Crippen LogP contribution in [-0.4, -0.2) is 55.7 Å². The highest BCUT2D eigenvalue weighted by Crippen LogP contribution is 2.26. The molecule has 0 amide bonds. The largest absolute Gasteiger partial charge is 0.481 e. The lowest BCUT2D eigenvalue weighted by molar-refractivity contribution is -0.440. The van der Waals surface area contributed by atoms with Crippen LogP contribution in [0.4, 0.5) is 0 Å². The van der Waals surface area contributed by atoms with Crippen molar-refractivity contribution >= 4 is 11.9 Å². The van der Waals surface area contributed by atoms with Crippen LogP contribution in [0.15, 0.2) is 0 Å². The van der Waals surface area contributed by atoms with Crippen molar-refractivity contribution in [2.45, 2.75) is 84.9 Å². The highest BCUT2D eigenvalue weighted by molar-refractivity contribution is 5.71. The van der Waals surface area contributed by atoms with Crippen molar-refractivity contribution < 1.29 is 38.4 Å². The van der Waals surface area contributed by atoms with Gasteiger partial charge in [-0.1, -0.05) is 26.7 Å². The number of esters is 1. The minimum Gasteiger partial charge on any atom is -0.481 e. The summed E-state index contributed by atoms with van der Waals surface area (Å²) >= 11 is 0. The smallest absolute Gasteiger partial charge is 0.383 e. The van der Waals surface area contributed by atoms with Gasteiger partial charge >= 0.3 is 17.9 Å². The standard InChI is InChI=1S/C19H36O8/c1-5-9-14-23-18(24-15-10-6-2)19(25-7-3,26-8-4)27-17(22)13-11-12-16(20)21/h18H,5-15H2,1-4H3,(H,20,21). The maximum atomic E-state index is 12.3. The predicted octanol–water partition coefficient (Wildman–Crippen LogP) is 3.47. The number of hydrogen-bond acceptors (Lipinski definition) is 7. The Labute approximate surface area is 162 Å². The van der Waals surface area contributed by atoms with E-state index in [1.165, 1.54) is 0 Å². The van der Waals surface area contributed by atoms with Crippen LogP contribution in [0.2, 0.25) is 0 Å². The van der Waals surface area contributed by atoms with Crippen LogP contribution in [0.25, 0.3) is 0 Å². The van der Waals surface area contributed by atoms with Crippen LogP contribution in [0.1, 0.15) is 72.6 Å². The molecular formula is C19H36O8. The van der Waals surface area contributed by atoms with Crippen LogP contribution in [0, 0.1) is 0 Å². The molecule has 0 bridgehead atoms. The summed E-state index contributed by atoms with van der Waals surface area (Å²) < 4.78 is 28.4. The number of carbonyl (C=O) groups is 2. The molecule has 0 saturated heterocycles. The minimum absolute atomic E-state index is 0.0646. The van der Waals surface area contributed by atoms with E-state index in [-0.39, 0.29) is 32.5 Å². The van der Waals surface area contributed by atoms with Crippen molar-refractivity contribution in [2.75, 3.05) is 26.4 Å². The summed E-state index contributed by atoms with van der Waals surface area (Å²) in [6, 6.07) is 0. The molecule has 0 aliphatic rings. The monoisotopic (exact) mass is 392 g/mol. The zero-order valence-corrected chi connectivity index (χ0v) is 17.2. The molecule has 1 N–H and O–H groups in total. The van der Waals surface area contributed by atoms with E-state index in [1.54, 1.807) is 13.8 Å². The van der Waals surface area contributed by atoms with E-state index in [1.807, 2.05) is 13.8 Å². The third-order valence-corrected chi connectivity index (χ3v) is 3.54. The number of carboxylic acids is 1.